The quantitative estimate of drug-likeness (QED) is 0.537. The molecule has 0 aliphatic rings. The van der Waals surface area contributed by atoms with Gasteiger partial charge in [-0.3, -0.25) is 4.79 Å². The van der Waals surface area contributed by atoms with E-state index in [1.807, 2.05) is 73.7 Å². The molecule has 2 aromatic carbocycles. The van der Waals surface area contributed by atoms with Crippen molar-refractivity contribution < 1.29 is 4.79 Å². The van der Waals surface area contributed by atoms with Crippen LogP contribution in [0.3, 0.4) is 0 Å². The maximum Gasteiger partial charge on any atom is 0.230 e. The smallest absolute Gasteiger partial charge is 0.230 e. The van der Waals surface area contributed by atoms with Crippen LogP contribution < -0.4 is 5.32 Å². The summed E-state index contributed by atoms with van der Waals surface area (Å²) >= 11 is 1.41. The molecule has 0 bridgehead atoms. The van der Waals surface area contributed by atoms with Gasteiger partial charge in [0.05, 0.1) is 17.5 Å². The first-order chi connectivity index (χ1) is 12.2. The lowest BCUT2D eigenvalue weighted by atomic mass is 10.1. The summed E-state index contributed by atoms with van der Waals surface area (Å²) in [7, 11) is 0. The Kier molecular flexibility index (Phi) is 5.80. The first kappa shape index (κ1) is 17.2. The predicted molar refractivity (Wildman–Crippen MR) is 101 cm³/mol. The lowest BCUT2D eigenvalue weighted by molar-refractivity contribution is -0.119. The number of hydrogen-bond acceptors (Lipinski definition) is 4. The molecule has 0 saturated heterocycles. The van der Waals surface area contributed by atoms with E-state index in [0.29, 0.717) is 5.75 Å². The average molecular weight is 349 g/mol. The minimum Gasteiger partial charge on any atom is -0.349 e. The summed E-state index contributed by atoms with van der Waals surface area (Å²) in [6.07, 6.45) is 1.54. The van der Waals surface area contributed by atoms with Crippen LogP contribution in [0.25, 0.3) is 11.3 Å². The van der Waals surface area contributed by atoms with Crippen LogP contribution in [0, 0.1) is 0 Å². The third-order valence-electron chi connectivity index (χ3n) is 3.74. The maximum atomic E-state index is 12.2. The second-order valence-corrected chi connectivity index (χ2v) is 6.59. The summed E-state index contributed by atoms with van der Waals surface area (Å²) in [5, 5.41) is 3.80. The van der Waals surface area contributed by atoms with Gasteiger partial charge in [0.2, 0.25) is 5.91 Å². The Bertz CT molecular complexity index is 825. The lowest BCUT2D eigenvalue weighted by Crippen LogP contribution is -2.28. The second-order valence-electron chi connectivity index (χ2n) is 5.60. The normalized spacial score (nSPS) is 11.7. The van der Waals surface area contributed by atoms with Gasteiger partial charge in [-0.2, -0.15) is 0 Å². The summed E-state index contributed by atoms with van der Waals surface area (Å²) in [6, 6.07) is 21.8. The highest BCUT2D eigenvalue weighted by Crippen LogP contribution is 2.22. The van der Waals surface area contributed by atoms with Gasteiger partial charge < -0.3 is 5.32 Å². The van der Waals surface area contributed by atoms with Gasteiger partial charge in [0.25, 0.3) is 0 Å². The summed E-state index contributed by atoms with van der Waals surface area (Å²) in [5.41, 5.74) is 2.99. The van der Waals surface area contributed by atoms with Crippen LogP contribution in [0.15, 0.2) is 78.1 Å². The fraction of sp³-hybridized carbons (Fsp3) is 0.150. The van der Waals surface area contributed by atoms with Crippen LogP contribution in [0.2, 0.25) is 0 Å². The zero-order valence-electron chi connectivity index (χ0n) is 13.9. The van der Waals surface area contributed by atoms with Crippen LogP contribution >= 0.6 is 11.8 Å². The monoisotopic (exact) mass is 349 g/mol. The molecule has 0 unspecified atom stereocenters. The van der Waals surface area contributed by atoms with Crippen LogP contribution in [0.4, 0.5) is 0 Å². The molecule has 1 heterocycles. The van der Waals surface area contributed by atoms with E-state index in [9.17, 15) is 4.79 Å². The molecule has 3 rings (SSSR count). The minimum absolute atomic E-state index is 0.0128. The van der Waals surface area contributed by atoms with E-state index < -0.39 is 0 Å². The highest BCUT2D eigenvalue weighted by Gasteiger charge is 2.10. The summed E-state index contributed by atoms with van der Waals surface area (Å²) < 4.78 is 0. The number of benzene rings is 2. The Morgan fingerprint density at radius 3 is 2.44 bits per heavy atom. The van der Waals surface area contributed by atoms with E-state index in [-0.39, 0.29) is 11.9 Å². The molecule has 0 fully saturated rings. The molecule has 0 spiro atoms. The van der Waals surface area contributed by atoms with Crippen molar-refractivity contribution >= 4 is 17.7 Å². The Balaban J connectivity index is 1.57. The number of aromatic nitrogens is 2. The van der Waals surface area contributed by atoms with Crippen LogP contribution in [0.5, 0.6) is 0 Å². The SMILES string of the molecule is C[C@H](NC(=O)CSc1cc(-c2ccccc2)ncn1)c1ccccc1. The maximum absolute atomic E-state index is 12.2. The molecule has 5 heteroatoms. The van der Waals surface area contributed by atoms with Crippen molar-refractivity contribution in [3.8, 4) is 11.3 Å². The highest BCUT2D eigenvalue weighted by atomic mass is 32.2. The number of amides is 1. The Labute approximate surface area is 151 Å². The van der Waals surface area contributed by atoms with Crippen molar-refractivity contribution in [3.05, 3.63) is 78.6 Å². The minimum atomic E-state index is -0.0143. The zero-order valence-corrected chi connectivity index (χ0v) is 14.7. The van der Waals surface area contributed by atoms with E-state index >= 15 is 0 Å². The van der Waals surface area contributed by atoms with Crippen molar-refractivity contribution in [3.63, 3.8) is 0 Å². The molecular weight excluding hydrogens is 330 g/mol. The largest absolute Gasteiger partial charge is 0.349 e. The zero-order chi connectivity index (χ0) is 17.5. The number of carbonyl (C=O) groups excluding carboxylic acids is 1. The molecule has 126 valence electrons. The van der Waals surface area contributed by atoms with Gasteiger partial charge in [-0.15, -0.1) is 0 Å². The van der Waals surface area contributed by atoms with Crippen molar-refractivity contribution in [1.29, 1.82) is 0 Å². The van der Waals surface area contributed by atoms with E-state index in [0.717, 1.165) is 21.8 Å². The summed E-state index contributed by atoms with van der Waals surface area (Å²) in [5.74, 6) is 0.309. The second kappa shape index (κ2) is 8.44. The first-order valence-electron chi connectivity index (χ1n) is 8.07. The van der Waals surface area contributed by atoms with Gasteiger partial charge >= 0.3 is 0 Å². The van der Waals surface area contributed by atoms with E-state index in [2.05, 4.69) is 15.3 Å². The van der Waals surface area contributed by atoms with Crippen molar-refractivity contribution in [2.24, 2.45) is 0 Å². The molecule has 1 amide bonds. The molecule has 0 saturated carbocycles. The van der Waals surface area contributed by atoms with Gasteiger partial charge in [-0.25, -0.2) is 9.97 Å². The summed E-state index contributed by atoms with van der Waals surface area (Å²) in [4.78, 5) is 20.7. The Morgan fingerprint density at radius 2 is 1.72 bits per heavy atom. The molecule has 1 aromatic heterocycles. The number of carbonyl (C=O) groups is 1. The number of nitrogens with one attached hydrogen (secondary N) is 1. The standard InChI is InChI=1S/C20H19N3OS/c1-15(16-8-4-2-5-9-16)23-19(24)13-25-20-12-18(21-14-22-20)17-10-6-3-7-11-17/h2-12,14-15H,13H2,1H3,(H,23,24)/t15-/m0/s1. The highest BCUT2D eigenvalue weighted by molar-refractivity contribution is 7.99. The van der Waals surface area contributed by atoms with Gasteiger partial charge in [-0.05, 0) is 18.6 Å². The Hall–Kier alpha value is -2.66. The number of nitrogens with zero attached hydrogens (tertiary/aromatic N) is 2. The molecule has 1 N–H and O–H groups in total. The summed E-state index contributed by atoms with van der Waals surface area (Å²) in [6.45, 7) is 1.98. The first-order valence-corrected chi connectivity index (χ1v) is 9.05. The topological polar surface area (TPSA) is 54.9 Å². The molecule has 4 nitrogen and oxygen atoms in total. The van der Waals surface area contributed by atoms with Crippen LogP contribution in [0.1, 0.15) is 18.5 Å². The molecule has 25 heavy (non-hydrogen) atoms. The van der Waals surface area contributed by atoms with Crippen LogP contribution in [-0.2, 0) is 4.79 Å². The molecule has 0 radical (unpaired) electrons. The average Bonchev–Trinajstić information content (AvgIpc) is 2.68. The van der Waals surface area contributed by atoms with Gasteiger partial charge in [0.1, 0.15) is 11.4 Å². The van der Waals surface area contributed by atoms with Crippen molar-refractivity contribution in [1.82, 2.24) is 15.3 Å². The number of hydrogen-bond donors (Lipinski definition) is 1. The van der Waals surface area contributed by atoms with E-state index in [1.54, 1.807) is 0 Å². The third kappa shape index (κ3) is 4.90. The van der Waals surface area contributed by atoms with Crippen molar-refractivity contribution in [2.75, 3.05) is 5.75 Å². The van der Waals surface area contributed by atoms with Gasteiger partial charge in [0.15, 0.2) is 0 Å². The lowest BCUT2D eigenvalue weighted by Gasteiger charge is -2.14. The van der Waals surface area contributed by atoms with Crippen LogP contribution in [-0.4, -0.2) is 21.6 Å². The Morgan fingerprint density at radius 1 is 1.04 bits per heavy atom. The van der Waals surface area contributed by atoms with E-state index in [4.69, 9.17) is 0 Å². The van der Waals surface area contributed by atoms with E-state index in [1.165, 1.54) is 18.1 Å². The fourth-order valence-electron chi connectivity index (χ4n) is 2.43. The third-order valence-corrected chi connectivity index (χ3v) is 4.67. The predicted octanol–water partition coefficient (Wildman–Crippen LogP) is 4.11. The molecule has 1 atom stereocenters. The van der Waals surface area contributed by atoms with Crippen molar-refractivity contribution in [2.45, 2.75) is 18.0 Å². The molecule has 0 aliphatic heterocycles. The number of rotatable bonds is 6. The van der Waals surface area contributed by atoms with Gasteiger partial charge in [-0.1, -0.05) is 72.4 Å². The van der Waals surface area contributed by atoms with Gasteiger partial charge in [0, 0.05) is 5.56 Å². The fourth-order valence-corrected chi connectivity index (χ4v) is 3.11. The molecule has 0 aliphatic carbocycles. The number of thioether (sulfide) groups is 1. The molecule has 3 aromatic rings. The molecular formula is C20H19N3OS.